The molecule has 4 nitrogen and oxygen atoms in total. The van der Waals surface area contributed by atoms with E-state index in [2.05, 4.69) is 50.6 Å². The molecule has 1 aromatic heterocycles. The lowest BCUT2D eigenvalue weighted by Gasteiger charge is -2.11. The maximum atomic E-state index is 13.3. The fraction of sp³-hybridized carbons (Fsp3) is 0.0909. The van der Waals surface area contributed by atoms with Crippen LogP contribution >= 0.6 is 11.5 Å². The van der Waals surface area contributed by atoms with Crippen LogP contribution in [0.1, 0.15) is 11.1 Å². The Morgan fingerprint density at radius 1 is 0.786 bits per heavy atom. The van der Waals surface area contributed by atoms with Crippen molar-refractivity contribution in [3.05, 3.63) is 95.1 Å². The van der Waals surface area contributed by atoms with E-state index >= 15 is 0 Å². The molecule has 28 heavy (non-hydrogen) atoms. The Kier molecular flexibility index (Phi) is 5.58. The molecule has 0 fully saturated rings. The topological polar surface area (TPSA) is 49.8 Å². The van der Waals surface area contributed by atoms with Crippen LogP contribution in [-0.4, -0.2) is 9.59 Å². The minimum absolute atomic E-state index is 0.216. The Morgan fingerprint density at radius 3 is 2.18 bits per heavy atom. The van der Waals surface area contributed by atoms with Crippen molar-refractivity contribution in [1.82, 2.24) is 9.59 Å². The Balaban J connectivity index is 1.34. The molecule has 140 valence electrons. The van der Waals surface area contributed by atoms with Crippen LogP contribution in [0.2, 0.25) is 0 Å². The van der Waals surface area contributed by atoms with E-state index in [0.717, 1.165) is 34.7 Å². The average Bonchev–Trinajstić information content (AvgIpc) is 3.26. The minimum atomic E-state index is -0.216. The summed E-state index contributed by atoms with van der Waals surface area (Å²) in [7, 11) is 0. The molecule has 0 aliphatic heterocycles. The Labute approximate surface area is 167 Å². The number of rotatable bonds is 7. The van der Waals surface area contributed by atoms with Crippen LogP contribution in [0.25, 0.3) is 11.3 Å². The Hall–Kier alpha value is -3.25. The smallest absolute Gasteiger partial charge is 0.123 e. The number of anilines is 2. The molecule has 3 aromatic carbocycles. The van der Waals surface area contributed by atoms with Crippen molar-refractivity contribution in [2.45, 2.75) is 13.1 Å². The minimum Gasteiger partial charge on any atom is -0.381 e. The summed E-state index contributed by atoms with van der Waals surface area (Å²) in [6.45, 7) is 1.30. The quantitative estimate of drug-likeness (QED) is 0.433. The third-order valence-corrected chi connectivity index (χ3v) is 4.86. The number of hydrogen-bond acceptors (Lipinski definition) is 5. The van der Waals surface area contributed by atoms with Crippen molar-refractivity contribution in [3.63, 3.8) is 0 Å². The summed E-state index contributed by atoms with van der Waals surface area (Å²) >= 11 is 1.35. The van der Waals surface area contributed by atoms with E-state index in [1.165, 1.54) is 23.2 Å². The maximum absolute atomic E-state index is 13.3. The monoisotopic (exact) mass is 390 g/mol. The molecule has 0 aliphatic rings. The Bertz CT molecular complexity index is 1030. The highest BCUT2D eigenvalue weighted by atomic mass is 32.1. The highest BCUT2D eigenvalue weighted by Gasteiger charge is 2.02. The molecule has 0 spiro atoms. The molecule has 2 N–H and O–H groups in total. The molecule has 0 radical (unpaired) electrons. The van der Waals surface area contributed by atoms with Gasteiger partial charge in [0.25, 0.3) is 0 Å². The number of hydrogen-bond donors (Lipinski definition) is 2. The van der Waals surface area contributed by atoms with Crippen LogP contribution in [0, 0.1) is 5.82 Å². The zero-order valence-electron chi connectivity index (χ0n) is 15.1. The number of halogens is 1. The number of benzene rings is 3. The van der Waals surface area contributed by atoms with Gasteiger partial charge >= 0.3 is 0 Å². The molecule has 4 rings (SSSR count). The summed E-state index contributed by atoms with van der Waals surface area (Å²) < 4.78 is 17.2. The lowest BCUT2D eigenvalue weighted by atomic mass is 10.1. The second kappa shape index (κ2) is 8.63. The lowest BCUT2D eigenvalue weighted by molar-refractivity contribution is 0.626. The maximum Gasteiger partial charge on any atom is 0.123 e. The fourth-order valence-electron chi connectivity index (χ4n) is 2.88. The molecule has 0 saturated heterocycles. The molecule has 0 bridgehead atoms. The second-order valence-corrected chi connectivity index (χ2v) is 7.01. The molecule has 6 heteroatoms. The summed E-state index contributed by atoms with van der Waals surface area (Å²) in [5.74, 6) is -0.216. The van der Waals surface area contributed by atoms with Crippen LogP contribution in [0.4, 0.5) is 15.8 Å². The summed E-state index contributed by atoms with van der Waals surface area (Å²) in [6, 6.07) is 23.0. The molecule has 4 aromatic rings. The van der Waals surface area contributed by atoms with Gasteiger partial charge < -0.3 is 10.6 Å². The third-order valence-electron chi connectivity index (χ3n) is 4.35. The van der Waals surface area contributed by atoms with Gasteiger partial charge in [-0.1, -0.05) is 47.0 Å². The molecule has 0 amide bonds. The van der Waals surface area contributed by atoms with Gasteiger partial charge in [0.1, 0.15) is 11.5 Å². The van der Waals surface area contributed by atoms with Gasteiger partial charge in [-0.15, -0.1) is 5.10 Å². The molecule has 0 atom stereocenters. The third kappa shape index (κ3) is 4.72. The highest BCUT2D eigenvalue weighted by Crippen LogP contribution is 2.20. The van der Waals surface area contributed by atoms with Crippen LogP contribution < -0.4 is 10.6 Å². The van der Waals surface area contributed by atoms with Crippen molar-refractivity contribution in [1.29, 1.82) is 0 Å². The first-order chi connectivity index (χ1) is 13.8. The van der Waals surface area contributed by atoms with Gasteiger partial charge in [-0.3, -0.25) is 0 Å². The molecular weight excluding hydrogens is 371 g/mol. The van der Waals surface area contributed by atoms with Crippen LogP contribution in [0.5, 0.6) is 0 Å². The van der Waals surface area contributed by atoms with Gasteiger partial charge in [-0.25, -0.2) is 4.39 Å². The van der Waals surface area contributed by atoms with Crippen LogP contribution in [0.3, 0.4) is 0 Å². The zero-order valence-corrected chi connectivity index (χ0v) is 15.9. The van der Waals surface area contributed by atoms with Gasteiger partial charge in [-0.05, 0) is 53.0 Å². The van der Waals surface area contributed by atoms with Gasteiger partial charge in [0.05, 0.1) is 0 Å². The van der Waals surface area contributed by atoms with Crippen molar-refractivity contribution in [2.75, 3.05) is 10.6 Å². The van der Waals surface area contributed by atoms with Crippen molar-refractivity contribution < 1.29 is 4.39 Å². The highest BCUT2D eigenvalue weighted by molar-refractivity contribution is 7.03. The van der Waals surface area contributed by atoms with E-state index in [1.807, 2.05) is 29.6 Å². The molecule has 1 heterocycles. The van der Waals surface area contributed by atoms with Gasteiger partial charge in [0.15, 0.2) is 0 Å². The normalized spacial score (nSPS) is 10.6. The van der Waals surface area contributed by atoms with Gasteiger partial charge in [-0.2, -0.15) is 0 Å². The van der Waals surface area contributed by atoms with Gasteiger partial charge in [0.2, 0.25) is 0 Å². The summed E-state index contributed by atoms with van der Waals surface area (Å²) in [5.41, 5.74) is 6.08. The molecule has 0 unspecified atom stereocenters. The molecule has 0 aliphatic carbocycles. The van der Waals surface area contributed by atoms with Crippen molar-refractivity contribution >= 4 is 22.9 Å². The number of nitrogens with zero attached hydrogens (tertiary/aromatic N) is 2. The van der Waals surface area contributed by atoms with E-state index in [0.29, 0.717) is 6.54 Å². The summed E-state index contributed by atoms with van der Waals surface area (Å²) in [6.07, 6.45) is 0. The van der Waals surface area contributed by atoms with E-state index in [-0.39, 0.29) is 5.82 Å². The SMILES string of the molecule is Fc1cccc(CNc2cccc(NCc3ccc(-c4csnn4)cc3)c2)c1. The van der Waals surface area contributed by atoms with E-state index in [1.54, 1.807) is 12.1 Å². The van der Waals surface area contributed by atoms with Gasteiger partial charge in [0, 0.05) is 35.4 Å². The average molecular weight is 390 g/mol. The lowest BCUT2D eigenvalue weighted by Crippen LogP contribution is -2.02. The Morgan fingerprint density at radius 2 is 1.50 bits per heavy atom. The summed E-state index contributed by atoms with van der Waals surface area (Å²) in [5, 5.41) is 12.8. The first kappa shape index (κ1) is 18.1. The first-order valence-corrected chi connectivity index (χ1v) is 9.78. The predicted molar refractivity (Wildman–Crippen MR) is 113 cm³/mol. The van der Waals surface area contributed by atoms with E-state index in [4.69, 9.17) is 0 Å². The fourth-order valence-corrected chi connectivity index (χ4v) is 3.34. The van der Waals surface area contributed by atoms with E-state index < -0.39 is 0 Å². The standard InChI is InChI=1S/C22H19FN4S/c23-19-4-1-3-17(11-19)14-25-21-6-2-5-20(12-21)24-13-16-7-9-18(10-8-16)22-15-28-27-26-22/h1-12,15,24-25H,13-14H2. The first-order valence-electron chi connectivity index (χ1n) is 8.95. The predicted octanol–water partition coefficient (Wildman–Crippen LogP) is 5.57. The zero-order chi connectivity index (χ0) is 19.2. The largest absolute Gasteiger partial charge is 0.381 e. The molecule has 0 saturated carbocycles. The van der Waals surface area contributed by atoms with Crippen molar-refractivity contribution in [3.8, 4) is 11.3 Å². The number of aromatic nitrogens is 2. The van der Waals surface area contributed by atoms with E-state index in [9.17, 15) is 4.39 Å². The second-order valence-electron chi connectivity index (χ2n) is 6.40. The van der Waals surface area contributed by atoms with Crippen LogP contribution in [-0.2, 0) is 13.1 Å². The van der Waals surface area contributed by atoms with Crippen molar-refractivity contribution in [2.24, 2.45) is 0 Å². The summed E-state index contributed by atoms with van der Waals surface area (Å²) in [4.78, 5) is 0. The number of nitrogens with one attached hydrogen (secondary N) is 2. The van der Waals surface area contributed by atoms with Crippen LogP contribution in [0.15, 0.2) is 78.2 Å². The molecular formula is C22H19FN4S.